The minimum atomic E-state index is -1.07. The molecule has 2 aromatic heterocycles. The second kappa shape index (κ2) is 7.94. The third-order valence-electron chi connectivity index (χ3n) is 6.51. The Labute approximate surface area is 185 Å². The maximum absolute atomic E-state index is 13.0. The quantitative estimate of drug-likeness (QED) is 0.675. The maximum Gasteiger partial charge on any atom is 0.337 e. The van der Waals surface area contributed by atoms with Crippen molar-refractivity contribution in [2.45, 2.75) is 26.3 Å². The molecule has 0 bridgehead atoms. The minimum absolute atomic E-state index is 0.0755. The van der Waals surface area contributed by atoms with E-state index in [9.17, 15) is 14.7 Å². The van der Waals surface area contributed by atoms with Crippen LogP contribution in [-0.2, 0) is 11.2 Å². The summed E-state index contributed by atoms with van der Waals surface area (Å²) in [6, 6.07) is 9.29. The van der Waals surface area contributed by atoms with Gasteiger partial charge in [-0.2, -0.15) is 0 Å². The number of carboxylic acids is 1. The lowest BCUT2D eigenvalue weighted by atomic mass is 10.0. The molecule has 0 spiro atoms. The monoisotopic (exact) mass is 434 g/mol. The van der Waals surface area contributed by atoms with Crippen LogP contribution >= 0.6 is 0 Å². The number of aromatic carboxylic acids is 1. The number of nitrogens with zero attached hydrogens (tertiary/aromatic N) is 4. The van der Waals surface area contributed by atoms with Gasteiger partial charge in [0.05, 0.1) is 24.8 Å². The predicted octanol–water partition coefficient (Wildman–Crippen LogP) is 2.66. The fourth-order valence-corrected chi connectivity index (χ4v) is 4.84. The summed E-state index contributed by atoms with van der Waals surface area (Å²) < 4.78 is 6.80. The van der Waals surface area contributed by atoms with Crippen molar-refractivity contribution < 1.29 is 14.6 Å². The van der Waals surface area contributed by atoms with Crippen LogP contribution in [0.3, 0.4) is 0 Å². The molecular formula is C24H26N4O4. The fraction of sp³-hybridized carbons (Fsp3) is 0.375. The molecule has 32 heavy (non-hydrogen) atoms. The van der Waals surface area contributed by atoms with Gasteiger partial charge in [-0.1, -0.05) is 18.2 Å². The number of anilines is 2. The van der Waals surface area contributed by atoms with E-state index in [1.54, 1.807) is 6.07 Å². The Hall–Kier alpha value is -3.39. The van der Waals surface area contributed by atoms with Gasteiger partial charge >= 0.3 is 5.97 Å². The van der Waals surface area contributed by atoms with Crippen molar-refractivity contribution in [3.63, 3.8) is 0 Å². The Bertz CT molecular complexity index is 1260. The number of fused-ring (bicyclic) bond motifs is 2. The summed E-state index contributed by atoms with van der Waals surface area (Å²) in [5.74, 6) is -0.463. The first-order chi connectivity index (χ1) is 15.4. The number of ether oxygens (including phenoxy) is 1. The van der Waals surface area contributed by atoms with E-state index in [1.807, 2.05) is 4.90 Å². The van der Waals surface area contributed by atoms with E-state index < -0.39 is 5.97 Å². The molecule has 1 saturated heterocycles. The Morgan fingerprint density at radius 2 is 1.97 bits per heavy atom. The molecule has 2 aliphatic heterocycles. The highest BCUT2D eigenvalue weighted by Gasteiger charge is 2.28. The Morgan fingerprint density at radius 1 is 1.19 bits per heavy atom. The second-order valence-electron chi connectivity index (χ2n) is 8.44. The van der Waals surface area contributed by atoms with Gasteiger partial charge in [0.25, 0.3) is 5.56 Å². The first-order valence-corrected chi connectivity index (χ1v) is 10.9. The SMILES string of the molecule is Cc1cccc2c1N(C(C)c1cc(C(=O)O)cn3c(=O)cc(N4CCOCC4)nc13)CC2. The van der Waals surface area contributed by atoms with Crippen LogP contribution < -0.4 is 15.4 Å². The van der Waals surface area contributed by atoms with Gasteiger partial charge < -0.3 is 19.6 Å². The molecule has 1 atom stereocenters. The van der Waals surface area contributed by atoms with Crippen LogP contribution in [0, 0.1) is 6.92 Å². The van der Waals surface area contributed by atoms with Crippen LogP contribution in [0.25, 0.3) is 5.65 Å². The minimum Gasteiger partial charge on any atom is -0.478 e. The van der Waals surface area contributed by atoms with Crippen molar-refractivity contribution in [3.8, 4) is 0 Å². The second-order valence-corrected chi connectivity index (χ2v) is 8.44. The van der Waals surface area contributed by atoms with Gasteiger partial charge in [0.1, 0.15) is 11.5 Å². The standard InChI is InChI=1S/C24H26N4O4/c1-15-4-3-5-17-6-7-27(22(15)17)16(2)19-12-18(24(30)31)14-28-21(29)13-20(25-23(19)28)26-8-10-32-11-9-26/h3-5,12-14,16H,6-11H2,1-2H3,(H,30,31). The molecular weight excluding hydrogens is 408 g/mol. The van der Waals surface area contributed by atoms with Gasteiger partial charge in [-0.25, -0.2) is 9.78 Å². The van der Waals surface area contributed by atoms with Crippen LogP contribution in [0.5, 0.6) is 0 Å². The van der Waals surface area contributed by atoms with E-state index in [0.717, 1.165) is 18.5 Å². The summed E-state index contributed by atoms with van der Waals surface area (Å²) >= 11 is 0. The first-order valence-electron chi connectivity index (χ1n) is 10.9. The average molecular weight is 434 g/mol. The molecule has 8 heteroatoms. The van der Waals surface area contributed by atoms with Crippen LogP contribution in [0.4, 0.5) is 11.5 Å². The van der Waals surface area contributed by atoms with E-state index in [1.165, 1.54) is 33.5 Å². The number of hydrogen-bond acceptors (Lipinski definition) is 6. The molecule has 1 aromatic carbocycles. The zero-order valence-electron chi connectivity index (χ0n) is 18.2. The first kappa shape index (κ1) is 20.5. The van der Waals surface area contributed by atoms with Crippen molar-refractivity contribution in [1.82, 2.24) is 9.38 Å². The summed E-state index contributed by atoms with van der Waals surface area (Å²) in [5.41, 5.74) is 4.68. The molecule has 5 rings (SSSR count). The summed E-state index contributed by atoms with van der Waals surface area (Å²) in [6.45, 7) is 7.49. The van der Waals surface area contributed by atoms with Crippen LogP contribution in [0.2, 0.25) is 0 Å². The van der Waals surface area contributed by atoms with Gasteiger partial charge in [-0.3, -0.25) is 9.20 Å². The zero-order valence-corrected chi connectivity index (χ0v) is 18.2. The molecule has 0 amide bonds. The summed E-state index contributed by atoms with van der Waals surface area (Å²) in [5, 5.41) is 9.70. The molecule has 8 nitrogen and oxygen atoms in total. The van der Waals surface area contributed by atoms with Gasteiger partial charge in [-0.15, -0.1) is 0 Å². The smallest absolute Gasteiger partial charge is 0.337 e. The van der Waals surface area contributed by atoms with Gasteiger partial charge in [0.15, 0.2) is 0 Å². The van der Waals surface area contributed by atoms with E-state index in [4.69, 9.17) is 9.72 Å². The summed E-state index contributed by atoms with van der Waals surface area (Å²) in [6.07, 6.45) is 2.31. The molecule has 1 fully saturated rings. The molecule has 1 N–H and O–H groups in total. The number of aryl methyl sites for hydroxylation is 1. The number of carboxylic acid groups (broad SMARTS) is 1. The van der Waals surface area contributed by atoms with Crippen molar-refractivity contribution in [3.05, 3.63) is 69.1 Å². The van der Waals surface area contributed by atoms with Gasteiger partial charge in [-0.05, 0) is 37.5 Å². The molecule has 3 aromatic rings. The highest BCUT2D eigenvalue weighted by atomic mass is 16.5. The third-order valence-corrected chi connectivity index (χ3v) is 6.51. The van der Waals surface area contributed by atoms with Crippen LogP contribution in [0.1, 0.15) is 40.0 Å². The number of benzene rings is 1. The number of aromatic nitrogens is 2. The van der Waals surface area contributed by atoms with Crippen molar-refractivity contribution in [2.24, 2.45) is 0 Å². The number of rotatable bonds is 4. The lowest BCUT2D eigenvalue weighted by Gasteiger charge is -2.30. The number of carbonyl (C=O) groups is 1. The molecule has 1 unspecified atom stereocenters. The average Bonchev–Trinajstić information content (AvgIpc) is 3.24. The molecule has 0 saturated carbocycles. The topological polar surface area (TPSA) is 87.4 Å². The highest BCUT2D eigenvalue weighted by molar-refractivity contribution is 5.88. The number of pyridine rings is 1. The number of para-hydroxylation sites is 1. The molecule has 4 heterocycles. The maximum atomic E-state index is 13.0. The van der Waals surface area contributed by atoms with Gasteiger partial charge in [0, 0.05) is 43.1 Å². The summed E-state index contributed by atoms with van der Waals surface area (Å²) in [4.78, 5) is 34.0. The third kappa shape index (κ3) is 3.40. The van der Waals surface area contributed by atoms with E-state index in [0.29, 0.717) is 37.8 Å². The largest absolute Gasteiger partial charge is 0.478 e. The van der Waals surface area contributed by atoms with Crippen LogP contribution in [0.15, 0.2) is 41.3 Å². The molecule has 0 aliphatic carbocycles. The predicted molar refractivity (Wildman–Crippen MR) is 122 cm³/mol. The lowest BCUT2D eigenvalue weighted by Crippen LogP contribution is -2.38. The zero-order chi connectivity index (χ0) is 22.4. The van der Waals surface area contributed by atoms with Crippen molar-refractivity contribution >= 4 is 23.1 Å². The molecule has 0 radical (unpaired) electrons. The van der Waals surface area contributed by atoms with E-state index in [-0.39, 0.29) is 17.2 Å². The van der Waals surface area contributed by atoms with Crippen molar-refractivity contribution in [2.75, 3.05) is 42.6 Å². The molecule has 166 valence electrons. The van der Waals surface area contributed by atoms with E-state index in [2.05, 4.69) is 36.9 Å². The normalized spacial score (nSPS) is 16.9. The Balaban J connectivity index is 1.68. The highest BCUT2D eigenvalue weighted by Crippen LogP contribution is 2.38. The number of morpholine rings is 1. The molecule has 2 aliphatic rings. The van der Waals surface area contributed by atoms with Gasteiger partial charge in [0.2, 0.25) is 0 Å². The lowest BCUT2D eigenvalue weighted by molar-refractivity contribution is 0.0696. The van der Waals surface area contributed by atoms with Crippen molar-refractivity contribution in [1.29, 1.82) is 0 Å². The number of hydrogen-bond donors (Lipinski definition) is 1. The Kier molecular flexibility index (Phi) is 5.09. The fourth-order valence-electron chi connectivity index (χ4n) is 4.84. The Morgan fingerprint density at radius 3 is 2.72 bits per heavy atom. The summed E-state index contributed by atoms with van der Waals surface area (Å²) in [7, 11) is 0. The van der Waals surface area contributed by atoms with E-state index >= 15 is 0 Å². The van der Waals surface area contributed by atoms with Crippen LogP contribution in [-0.4, -0.2) is 53.3 Å².